The molecule has 5 unspecified atom stereocenters. The average molecular weight is 383 g/mol. The predicted octanol–water partition coefficient (Wildman–Crippen LogP) is 1.32. The third-order valence-electron chi connectivity index (χ3n) is 7.28. The van der Waals surface area contributed by atoms with Crippen LogP contribution in [0.4, 0.5) is 4.39 Å². The first-order valence-electron chi connectivity index (χ1n) is 10.9. The van der Waals surface area contributed by atoms with Gasteiger partial charge in [0.05, 0.1) is 5.92 Å². The Kier molecular flexibility index (Phi) is 5.74. The number of carbonyl (C=O) groups excluding carboxylic acids is 1. The molecule has 0 aromatic rings. The lowest BCUT2D eigenvalue weighted by Crippen LogP contribution is -2.53. The van der Waals surface area contributed by atoms with Crippen molar-refractivity contribution in [3.05, 3.63) is 0 Å². The quantitative estimate of drug-likeness (QED) is 0.716. The molecule has 5 rings (SSSR count). The van der Waals surface area contributed by atoms with Gasteiger partial charge in [0, 0.05) is 51.5 Å². The maximum absolute atomic E-state index is 14.2. The van der Waals surface area contributed by atoms with Crippen molar-refractivity contribution in [3.63, 3.8) is 0 Å². The van der Waals surface area contributed by atoms with Gasteiger partial charge in [0.2, 0.25) is 5.91 Å². The molecule has 5 aliphatic rings. The number of ether oxygens (including phenoxy) is 1. The Morgan fingerprint density at radius 1 is 1.15 bits per heavy atom. The summed E-state index contributed by atoms with van der Waals surface area (Å²) >= 11 is 0. The van der Waals surface area contributed by atoms with Gasteiger partial charge in [-0.05, 0) is 37.5 Å². The fourth-order valence-electron chi connectivity index (χ4n) is 5.96. The molecular weight excluding hydrogens is 347 g/mol. The first kappa shape index (κ1) is 19.6. The third-order valence-corrected chi connectivity index (χ3v) is 7.28. The Balaban J connectivity index is 0.000000872. The zero-order valence-electron chi connectivity index (χ0n) is 16.8. The van der Waals surface area contributed by atoms with Crippen molar-refractivity contribution in [1.29, 1.82) is 0 Å². The lowest BCUT2D eigenvalue weighted by molar-refractivity contribution is -0.127. The maximum Gasteiger partial charge on any atom is 0.224 e. The molecular formula is C20H35FN4O2. The van der Waals surface area contributed by atoms with E-state index < -0.39 is 6.17 Å². The zero-order chi connectivity index (χ0) is 19.0. The lowest BCUT2D eigenvalue weighted by Gasteiger charge is -2.38. The summed E-state index contributed by atoms with van der Waals surface area (Å²) in [5.74, 6) is -0.169. The SMILES string of the molecule is CC.O=C1NCCN2C3C(CC(F)CC13)NC2N1CCC2(CCOCC2)C1. The van der Waals surface area contributed by atoms with Gasteiger partial charge < -0.3 is 10.1 Å². The standard InChI is InChI=1S/C18H29FN4O2.C2H6/c19-12-9-13-15-14(10-12)21-17(23(15)6-4-20-16(13)24)22-5-1-18(11-22)2-7-25-8-3-18;1-2/h12-15,17,21H,1-11H2,(H,20,24);1-2H3. The van der Waals surface area contributed by atoms with Crippen LogP contribution >= 0.6 is 0 Å². The largest absolute Gasteiger partial charge is 0.381 e. The van der Waals surface area contributed by atoms with Crippen LogP contribution in [0.2, 0.25) is 0 Å². The second-order valence-electron chi connectivity index (χ2n) is 8.67. The van der Waals surface area contributed by atoms with E-state index in [1.807, 2.05) is 13.8 Å². The predicted molar refractivity (Wildman–Crippen MR) is 102 cm³/mol. The van der Waals surface area contributed by atoms with Gasteiger partial charge >= 0.3 is 0 Å². The fraction of sp³-hybridized carbons (Fsp3) is 0.950. The van der Waals surface area contributed by atoms with Gasteiger partial charge in [0.25, 0.3) is 0 Å². The number of hydrogen-bond acceptors (Lipinski definition) is 5. The molecule has 5 atom stereocenters. The molecule has 0 aromatic heterocycles. The number of hydrogen-bond donors (Lipinski definition) is 2. The number of carbonyl (C=O) groups is 1. The van der Waals surface area contributed by atoms with Crippen LogP contribution in [0.3, 0.4) is 0 Å². The van der Waals surface area contributed by atoms with Crippen molar-refractivity contribution >= 4 is 5.91 Å². The van der Waals surface area contributed by atoms with Gasteiger partial charge in [-0.2, -0.15) is 0 Å². The Bertz CT molecular complexity index is 542. The molecule has 1 saturated carbocycles. The molecule has 0 radical (unpaired) electrons. The molecule has 1 spiro atoms. The van der Waals surface area contributed by atoms with Crippen LogP contribution in [0.1, 0.15) is 46.0 Å². The molecule has 7 heteroatoms. The number of likely N-dealkylation sites (tertiary alicyclic amines) is 1. The number of amides is 1. The summed E-state index contributed by atoms with van der Waals surface area (Å²) in [7, 11) is 0. The van der Waals surface area contributed by atoms with Crippen LogP contribution in [0.15, 0.2) is 0 Å². The molecule has 5 fully saturated rings. The van der Waals surface area contributed by atoms with Gasteiger partial charge in [-0.3, -0.25) is 19.9 Å². The Hall–Kier alpha value is -0.760. The summed E-state index contributed by atoms with van der Waals surface area (Å²) in [5.41, 5.74) is 0.398. The number of alkyl halides is 1. The van der Waals surface area contributed by atoms with Gasteiger partial charge in [-0.1, -0.05) is 13.8 Å². The van der Waals surface area contributed by atoms with Gasteiger partial charge in [0.1, 0.15) is 12.5 Å². The lowest BCUT2D eigenvalue weighted by atomic mass is 9.80. The van der Waals surface area contributed by atoms with E-state index in [1.165, 1.54) is 6.42 Å². The van der Waals surface area contributed by atoms with Crippen molar-refractivity contribution in [2.45, 2.75) is 70.5 Å². The molecule has 1 amide bonds. The molecule has 4 aliphatic heterocycles. The molecule has 0 bridgehead atoms. The Labute approximate surface area is 162 Å². The molecule has 27 heavy (non-hydrogen) atoms. The minimum atomic E-state index is -0.872. The second kappa shape index (κ2) is 7.93. The third kappa shape index (κ3) is 3.52. The summed E-state index contributed by atoms with van der Waals surface area (Å²) in [6.07, 6.45) is 3.72. The van der Waals surface area contributed by atoms with Crippen molar-refractivity contribution < 1.29 is 13.9 Å². The van der Waals surface area contributed by atoms with Gasteiger partial charge in [-0.25, -0.2) is 4.39 Å². The maximum atomic E-state index is 14.2. The molecule has 154 valence electrons. The van der Waals surface area contributed by atoms with E-state index in [9.17, 15) is 9.18 Å². The summed E-state index contributed by atoms with van der Waals surface area (Å²) < 4.78 is 19.8. The summed E-state index contributed by atoms with van der Waals surface area (Å²) in [6, 6.07) is 0.236. The van der Waals surface area contributed by atoms with E-state index in [0.29, 0.717) is 24.8 Å². The molecule has 4 saturated heterocycles. The van der Waals surface area contributed by atoms with Gasteiger partial charge in [-0.15, -0.1) is 0 Å². The summed E-state index contributed by atoms with van der Waals surface area (Å²) in [4.78, 5) is 17.4. The highest BCUT2D eigenvalue weighted by Gasteiger charge is 2.54. The first-order chi connectivity index (χ1) is 13.2. The van der Waals surface area contributed by atoms with Crippen LogP contribution in [0.25, 0.3) is 0 Å². The number of nitrogens with zero attached hydrogens (tertiary/aromatic N) is 2. The van der Waals surface area contributed by atoms with Crippen LogP contribution in [-0.4, -0.2) is 79.6 Å². The first-order valence-corrected chi connectivity index (χ1v) is 10.9. The topological polar surface area (TPSA) is 56.8 Å². The van der Waals surface area contributed by atoms with Crippen molar-refractivity contribution in [3.8, 4) is 0 Å². The van der Waals surface area contributed by atoms with Crippen LogP contribution in [0.5, 0.6) is 0 Å². The van der Waals surface area contributed by atoms with E-state index >= 15 is 0 Å². The Morgan fingerprint density at radius 2 is 1.93 bits per heavy atom. The monoisotopic (exact) mass is 382 g/mol. The van der Waals surface area contributed by atoms with E-state index in [0.717, 1.165) is 45.7 Å². The van der Waals surface area contributed by atoms with E-state index in [-0.39, 0.29) is 30.2 Å². The molecule has 6 nitrogen and oxygen atoms in total. The van der Waals surface area contributed by atoms with Crippen LogP contribution in [0, 0.1) is 11.3 Å². The number of rotatable bonds is 1. The highest BCUT2D eigenvalue weighted by Crippen LogP contribution is 2.43. The highest BCUT2D eigenvalue weighted by atomic mass is 19.1. The molecule has 0 aromatic carbocycles. The van der Waals surface area contributed by atoms with E-state index in [2.05, 4.69) is 20.4 Å². The number of halogens is 1. The van der Waals surface area contributed by atoms with E-state index in [1.54, 1.807) is 0 Å². The van der Waals surface area contributed by atoms with Crippen LogP contribution < -0.4 is 10.6 Å². The fourth-order valence-corrected chi connectivity index (χ4v) is 5.96. The minimum absolute atomic E-state index is 0.0459. The van der Waals surface area contributed by atoms with E-state index in [4.69, 9.17) is 4.74 Å². The average Bonchev–Trinajstić information content (AvgIpc) is 3.20. The van der Waals surface area contributed by atoms with Crippen molar-refractivity contribution in [2.24, 2.45) is 11.3 Å². The minimum Gasteiger partial charge on any atom is -0.381 e. The smallest absolute Gasteiger partial charge is 0.224 e. The zero-order valence-corrected chi connectivity index (χ0v) is 16.8. The van der Waals surface area contributed by atoms with Crippen molar-refractivity contribution in [1.82, 2.24) is 20.4 Å². The second-order valence-corrected chi connectivity index (χ2v) is 8.67. The van der Waals surface area contributed by atoms with Crippen LogP contribution in [-0.2, 0) is 9.53 Å². The normalized spacial score (nSPS) is 41.4. The van der Waals surface area contributed by atoms with Crippen molar-refractivity contribution in [2.75, 3.05) is 39.4 Å². The van der Waals surface area contributed by atoms with Gasteiger partial charge in [0.15, 0.2) is 0 Å². The molecule has 2 N–H and O–H groups in total. The highest BCUT2D eigenvalue weighted by molar-refractivity contribution is 5.80. The number of nitrogens with one attached hydrogen (secondary N) is 2. The summed E-state index contributed by atoms with van der Waals surface area (Å²) in [5, 5.41) is 6.71. The molecule has 4 heterocycles. The Morgan fingerprint density at radius 3 is 2.70 bits per heavy atom. The summed E-state index contributed by atoms with van der Waals surface area (Å²) in [6.45, 7) is 9.45. The molecule has 1 aliphatic carbocycles.